The Labute approximate surface area is 185 Å². The van der Waals surface area contributed by atoms with Gasteiger partial charge in [-0.15, -0.1) is 0 Å². The molecule has 1 aliphatic rings. The molecular formula is C24H24N2O6. The molecule has 3 N–H and O–H groups in total. The fraction of sp³-hybridized carbons (Fsp3) is 0.250. The van der Waals surface area contributed by atoms with Gasteiger partial charge in [0.2, 0.25) is 5.91 Å². The Kier molecular flexibility index (Phi) is 7.38. The molecule has 8 heteroatoms. The van der Waals surface area contributed by atoms with E-state index in [4.69, 9.17) is 4.74 Å². The van der Waals surface area contributed by atoms with E-state index >= 15 is 0 Å². The smallest absolute Gasteiger partial charge is 0.338 e. The van der Waals surface area contributed by atoms with Crippen LogP contribution in [0.5, 0.6) is 0 Å². The lowest BCUT2D eigenvalue weighted by molar-refractivity contribution is -0.146. The van der Waals surface area contributed by atoms with Crippen molar-refractivity contribution in [2.75, 3.05) is 17.2 Å². The van der Waals surface area contributed by atoms with Crippen LogP contribution in [-0.4, -0.2) is 35.5 Å². The van der Waals surface area contributed by atoms with Crippen LogP contribution in [0.4, 0.5) is 11.4 Å². The highest BCUT2D eigenvalue weighted by molar-refractivity contribution is 5.97. The normalized spacial score (nSPS) is 17.3. The van der Waals surface area contributed by atoms with E-state index in [0.717, 1.165) is 5.56 Å². The number of rotatable bonds is 7. The average molecular weight is 436 g/mol. The molecule has 0 aromatic heterocycles. The van der Waals surface area contributed by atoms with Crippen molar-refractivity contribution in [2.45, 2.75) is 19.8 Å². The lowest BCUT2D eigenvalue weighted by Gasteiger charge is -2.24. The highest BCUT2D eigenvalue weighted by atomic mass is 16.5. The summed E-state index contributed by atoms with van der Waals surface area (Å²) in [7, 11) is 0. The fourth-order valence-electron chi connectivity index (χ4n) is 3.35. The van der Waals surface area contributed by atoms with Gasteiger partial charge in [-0.05, 0) is 56.2 Å². The van der Waals surface area contributed by atoms with Crippen molar-refractivity contribution < 1.29 is 29.0 Å². The Morgan fingerprint density at radius 2 is 1.44 bits per heavy atom. The summed E-state index contributed by atoms with van der Waals surface area (Å²) in [4.78, 5) is 48.0. The van der Waals surface area contributed by atoms with E-state index in [1.807, 2.05) is 19.1 Å². The van der Waals surface area contributed by atoms with E-state index in [1.165, 1.54) is 24.3 Å². The Morgan fingerprint density at radius 3 is 2.06 bits per heavy atom. The summed E-state index contributed by atoms with van der Waals surface area (Å²) < 4.78 is 5.03. The molecule has 0 radical (unpaired) electrons. The van der Waals surface area contributed by atoms with Crippen molar-refractivity contribution in [1.82, 2.24) is 0 Å². The third-order valence-electron chi connectivity index (χ3n) is 5.14. The highest BCUT2D eigenvalue weighted by Gasteiger charge is 2.33. The van der Waals surface area contributed by atoms with Gasteiger partial charge in [0.25, 0.3) is 5.91 Å². The van der Waals surface area contributed by atoms with Gasteiger partial charge in [-0.25, -0.2) is 4.79 Å². The van der Waals surface area contributed by atoms with Gasteiger partial charge in [-0.2, -0.15) is 0 Å². The van der Waals surface area contributed by atoms with Crippen LogP contribution in [-0.2, 0) is 19.1 Å². The summed E-state index contributed by atoms with van der Waals surface area (Å²) in [6.45, 7) is 1.50. The van der Waals surface area contributed by atoms with Crippen LogP contribution in [0.15, 0.2) is 60.7 Å². The Hall–Kier alpha value is -3.94. The van der Waals surface area contributed by atoms with Crippen molar-refractivity contribution in [2.24, 2.45) is 11.8 Å². The molecule has 166 valence electrons. The molecule has 2 atom stereocenters. The van der Waals surface area contributed by atoms with Gasteiger partial charge >= 0.3 is 11.9 Å². The van der Waals surface area contributed by atoms with E-state index in [0.29, 0.717) is 24.2 Å². The van der Waals surface area contributed by atoms with Crippen molar-refractivity contribution >= 4 is 35.1 Å². The number of hydrogen-bond acceptors (Lipinski definition) is 5. The highest BCUT2D eigenvalue weighted by Crippen LogP contribution is 2.27. The molecule has 0 unspecified atom stereocenters. The van der Waals surface area contributed by atoms with Crippen molar-refractivity contribution in [1.29, 1.82) is 0 Å². The van der Waals surface area contributed by atoms with E-state index in [1.54, 1.807) is 24.3 Å². The summed E-state index contributed by atoms with van der Waals surface area (Å²) in [5, 5.41) is 14.6. The first-order valence-electron chi connectivity index (χ1n) is 10.2. The SMILES string of the molecule is Cc1ccc(NC(=O)COC(=O)c2ccc(NC(=O)[C@@H]3CC=CC[C@H]3C(=O)O)cc2)cc1. The van der Waals surface area contributed by atoms with E-state index < -0.39 is 36.3 Å². The number of ether oxygens (including phenoxy) is 1. The number of anilines is 2. The molecule has 0 bridgehead atoms. The minimum absolute atomic E-state index is 0.218. The van der Waals surface area contributed by atoms with Crippen LogP contribution in [0.25, 0.3) is 0 Å². The van der Waals surface area contributed by atoms with Crippen LogP contribution in [0.3, 0.4) is 0 Å². The second-order valence-electron chi connectivity index (χ2n) is 7.55. The predicted molar refractivity (Wildman–Crippen MR) is 118 cm³/mol. The number of carboxylic acids is 1. The number of carbonyl (C=O) groups is 4. The molecular weight excluding hydrogens is 412 g/mol. The van der Waals surface area contributed by atoms with Crippen molar-refractivity contribution in [3.05, 3.63) is 71.8 Å². The first-order valence-corrected chi connectivity index (χ1v) is 10.2. The standard InChI is InChI=1S/C24H24N2O6/c1-15-6-10-17(11-7-15)25-21(27)14-32-24(31)16-8-12-18(13-9-16)26-22(28)19-4-2-3-5-20(19)23(29)30/h2-3,6-13,19-20H,4-5,14H2,1H3,(H,25,27)(H,26,28)(H,29,30)/t19-,20-/m1/s1. The zero-order valence-corrected chi connectivity index (χ0v) is 17.5. The molecule has 1 aliphatic carbocycles. The Morgan fingerprint density at radius 1 is 0.875 bits per heavy atom. The summed E-state index contributed by atoms with van der Waals surface area (Å²) in [5.74, 6) is -3.94. The first-order chi connectivity index (χ1) is 15.3. The average Bonchev–Trinajstić information content (AvgIpc) is 2.79. The number of aryl methyl sites for hydroxylation is 1. The number of aliphatic carboxylic acids is 1. The summed E-state index contributed by atoms with van der Waals surface area (Å²) in [6, 6.07) is 13.2. The molecule has 32 heavy (non-hydrogen) atoms. The number of hydrogen-bond donors (Lipinski definition) is 3. The largest absolute Gasteiger partial charge is 0.481 e. The fourth-order valence-corrected chi connectivity index (χ4v) is 3.35. The molecule has 8 nitrogen and oxygen atoms in total. The van der Waals surface area contributed by atoms with E-state index in [-0.39, 0.29) is 11.5 Å². The minimum Gasteiger partial charge on any atom is -0.481 e. The Balaban J connectivity index is 1.51. The second kappa shape index (κ2) is 10.4. The number of esters is 1. The topological polar surface area (TPSA) is 122 Å². The molecule has 2 aromatic carbocycles. The third kappa shape index (κ3) is 6.04. The van der Waals surface area contributed by atoms with Gasteiger partial charge in [-0.1, -0.05) is 29.8 Å². The molecule has 0 saturated heterocycles. The predicted octanol–water partition coefficient (Wildman–Crippen LogP) is 3.40. The summed E-state index contributed by atoms with van der Waals surface area (Å²) in [6.07, 6.45) is 4.25. The summed E-state index contributed by atoms with van der Waals surface area (Å²) in [5.41, 5.74) is 2.32. The second-order valence-corrected chi connectivity index (χ2v) is 7.55. The van der Waals surface area contributed by atoms with Crippen LogP contribution in [0.1, 0.15) is 28.8 Å². The van der Waals surface area contributed by atoms with Crippen LogP contribution >= 0.6 is 0 Å². The minimum atomic E-state index is -1.00. The lowest BCUT2D eigenvalue weighted by Crippen LogP contribution is -2.34. The number of nitrogens with one attached hydrogen (secondary N) is 2. The molecule has 0 saturated carbocycles. The van der Waals surface area contributed by atoms with Gasteiger partial charge in [0.15, 0.2) is 6.61 Å². The maximum absolute atomic E-state index is 12.5. The molecule has 3 rings (SSSR count). The van der Waals surface area contributed by atoms with Crippen LogP contribution < -0.4 is 10.6 Å². The summed E-state index contributed by atoms with van der Waals surface area (Å²) >= 11 is 0. The van der Waals surface area contributed by atoms with Gasteiger partial charge in [0.1, 0.15) is 0 Å². The van der Waals surface area contributed by atoms with Crippen molar-refractivity contribution in [3.63, 3.8) is 0 Å². The molecule has 0 aliphatic heterocycles. The number of allylic oxidation sites excluding steroid dienone is 2. The zero-order chi connectivity index (χ0) is 23.1. The van der Waals surface area contributed by atoms with Crippen LogP contribution in [0.2, 0.25) is 0 Å². The zero-order valence-electron chi connectivity index (χ0n) is 17.5. The third-order valence-corrected chi connectivity index (χ3v) is 5.14. The molecule has 0 spiro atoms. The van der Waals surface area contributed by atoms with Crippen molar-refractivity contribution in [3.8, 4) is 0 Å². The van der Waals surface area contributed by atoms with E-state index in [9.17, 15) is 24.3 Å². The quantitative estimate of drug-likeness (QED) is 0.452. The number of amides is 2. The van der Waals surface area contributed by atoms with Crippen LogP contribution in [0, 0.1) is 18.8 Å². The maximum atomic E-state index is 12.5. The molecule has 0 heterocycles. The number of benzene rings is 2. The van der Waals surface area contributed by atoms with Gasteiger partial charge in [0.05, 0.1) is 17.4 Å². The van der Waals surface area contributed by atoms with Gasteiger partial charge in [0, 0.05) is 11.4 Å². The number of carboxylic acid groups (broad SMARTS) is 1. The lowest BCUT2D eigenvalue weighted by atomic mass is 9.82. The molecule has 2 aromatic rings. The Bertz CT molecular complexity index is 1030. The monoisotopic (exact) mass is 436 g/mol. The number of carbonyl (C=O) groups excluding carboxylic acids is 3. The maximum Gasteiger partial charge on any atom is 0.338 e. The van der Waals surface area contributed by atoms with Gasteiger partial charge in [-0.3, -0.25) is 14.4 Å². The molecule has 0 fully saturated rings. The van der Waals surface area contributed by atoms with Gasteiger partial charge < -0.3 is 20.5 Å². The molecule has 2 amide bonds. The van der Waals surface area contributed by atoms with E-state index in [2.05, 4.69) is 10.6 Å². The first kappa shape index (κ1) is 22.7.